The number of urea groups is 1. The Morgan fingerprint density at radius 3 is 2.06 bits per heavy atom. The molecule has 0 aliphatic carbocycles. The van der Waals surface area contributed by atoms with Crippen LogP contribution >= 0.6 is 0 Å². The van der Waals surface area contributed by atoms with E-state index in [-0.39, 0.29) is 19.2 Å². The first-order valence-electron chi connectivity index (χ1n) is 10.6. The quantitative estimate of drug-likeness (QED) is 0.756. The highest BCUT2D eigenvalue weighted by molar-refractivity contribution is 5.89. The molecular formula is C23H24F3N3O3. The van der Waals surface area contributed by atoms with Crippen LogP contribution in [0.1, 0.15) is 11.1 Å². The molecule has 170 valence electrons. The summed E-state index contributed by atoms with van der Waals surface area (Å²) >= 11 is 0. The van der Waals surface area contributed by atoms with Gasteiger partial charge in [0.2, 0.25) is 0 Å². The third-order valence-electron chi connectivity index (χ3n) is 6.69. The summed E-state index contributed by atoms with van der Waals surface area (Å²) in [6, 6.07) is 12.2. The molecule has 3 saturated heterocycles. The van der Waals surface area contributed by atoms with E-state index in [1.807, 2.05) is 0 Å². The molecule has 6 nitrogen and oxygen atoms in total. The lowest BCUT2D eigenvalue weighted by Crippen LogP contribution is -2.46. The van der Waals surface area contributed by atoms with Crippen molar-refractivity contribution in [2.45, 2.75) is 11.8 Å². The van der Waals surface area contributed by atoms with Crippen molar-refractivity contribution < 1.29 is 27.8 Å². The second-order valence-corrected chi connectivity index (χ2v) is 8.91. The van der Waals surface area contributed by atoms with Crippen molar-refractivity contribution in [3.63, 3.8) is 0 Å². The smallest absolute Gasteiger partial charge is 0.380 e. The molecule has 5 rings (SSSR count). The van der Waals surface area contributed by atoms with E-state index < -0.39 is 17.3 Å². The highest BCUT2D eigenvalue weighted by Crippen LogP contribution is 2.36. The zero-order valence-electron chi connectivity index (χ0n) is 17.3. The topological polar surface area (TPSA) is 65.0 Å². The van der Waals surface area contributed by atoms with Crippen LogP contribution in [0.25, 0.3) is 0 Å². The summed E-state index contributed by atoms with van der Waals surface area (Å²) < 4.78 is 43.4. The van der Waals surface area contributed by atoms with Crippen molar-refractivity contribution in [2.75, 3.05) is 49.6 Å². The predicted molar refractivity (Wildman–Crippen MR) is 112 cm³/mol. The van der Waals surface area contributed by atoms with E-state index in [4.69, 9.17) is 4.74 Å². The van der Waals surface area contributed by atoms with Crippen LogP contribution in [0.2, 0.25) is 0 Å². The van der Waals surface area contributed by atoms with Crippen LogP contribution in [-0.4, -0.2) is 55.4 Å². The monoisotopic (exact) mass is 447 g/mol. The van der Waals surface area contributed by atoms with Gasteiger partial charge in [-0.25, -0.2) is 4.79 Å². The van der Waals surface area contributed by atoms with Crippen molar-refractivity contribution in [3.05, 3.63) is 59.7 Å². The first-order valence-corrected chi connectivity index (χ1v) is 10.6. The van der Waals surface area contributed by atoms with Crippen LogP contribution in [0.5, 0.6) is 0 Å². The molecule has 2 N–H and O–H groups in total. The van der Waals surface area contributed by atoms with Gasteiger partial charge < -0.3 is 25.0 Å². The Labute approximate surface area is 183 Å². The first kappa shape index (κ1) is 21.1. The Morgan fingerprint density at radius 1 is 0.969 bits per heavy atom. The van der Waals surface area contributed by atoms with E-state index in [0.29, 0.717) is 30.6 Å². The third kappa shape index (κ3) is 3.91. The summed E-state index contributed by atoms with van der Waals surface area (Å²) in [6.45, 7) is 3.22. The Bertz CT molecular complexity index is 976. The van der Waals surface area contributed by atoms with Crippen LogP contribution in [0.3, 0.4) is 0 Å². The third-order valence-corrected chi connectivity index (χ3v) is 6.69. The molecule has 2 aromatic carbocycles. The molecule has 3 aliphatic heterocycles. The molecule has 0 spiro atoms. The number of nitrogens with one attached hydrogen (secondary N) is 1. The summed E-state index contributed by atoms with van der Waals surface area (Å²) in [4.78, 5) is 16.6. The molecule has 2 aromatic rings. The van der Waals surface area contributed by atoms with E-state index in [2.05, 4.69) is 10.2 Å². The van der Waals surface area contributed by atoms with Gasteiger partial charge >= 0.3 is 12.2 Å². The Kier molecular flexibility index (Phi) is 5.05. The molecule has 3 fully saturated rings. The van der Waals surface area contributed by atoms with E-state index in [1.165, 1.54) is 12.1 Å². The minimum atomic E-state index is -4.33. The second kappa shape index (κ2) is 7.67. The fourth-order valence-corrected chi connectivity index (χ4v) is 4.76. The lowest BCUT2D eigenvalue weighted by Gasteiger charge is -2.36. The average molecular weight is 447 g/mol. The Balaban J connectivity index is 1.15. The number of halogens is 3. The van der Waals surface area contributed by atoms with Crippen LogP contribution < -0.4 is 10.2 Å². The zero-order chi connectivity index (χ0) is 22.5. The van der Waals surface area contributed by atoms with Crippen molar-refractivity contribution in [2.24, 2.45) is 11.8 Å². The molecule has 32 heavy (non-hydrogen) atoms. The van der Waals surface area contributed by atoms with Crippen LogP contribution in [-0.2, 0) is 16.5 Å². The largest absolute Gasteiger partial charge is 0.416 e. The molecule has 0 radical (unpaired) electrons. The van der Waals surface area contributed by atoms with Gasteiger partial charge in [0.1, 0.15) is 5.60 Å². The van der Waals surface area contributed by atoms with Gasteiger partial charge in [-0.1, -0.05) is 12.1 Å². The number of ether oxygens (including phenoxy) is 1. The minimum absolute atomic E-state index is 0.168. The molecule has 9 heteroatoms. The number of hydrogen-bond acceptors (Lipinski definition) is 4. The normalized spacial score (nSPS) is 24.2. The number of benzene rings is 2. The maximum absolute atomic E-state index is 12.8. The summed E-state index contributed by atoms with van der Waals surface area (Å²) in [5.74, 6) is 0.580. The number of alkyl halides is 3. The van der Waals surface area contributed by atoms with Crippen molar-refractivity contribution in [3.8, 4) is 0 Å². The predicted octanol–water partition coefficient (Wildman–Crippen LogP) is 3.52. The summed E-state index contributed by atoms with van der Waals surface area (Å²) in [6.07, 6.45) is -4.33. The fourth-order valence-electron chi connectivity index (χ4n) is 4.76. The van der Waals surface area contributed by atoms with Crippen molar-refractivity contribution in [1.29, 1.82) is 0 Å². The zero-order valence-corrected chi connectivity index (χ0v) is 17.3. The number of fused-ring (bicyclic) bond motifs is 1. The number of rotatable bonds is 3. The SMILES string of the molecule is O=C(Nc1ccc(C2(O)COC2)cc1)N1CC2CN(c3ccc(C(F)(F)F)cc3)CC2C1. The number of amides is 2. The summed E-state index contributed by atoms with van der Waals surface area (Å²) in [7, 11) is 0. The second-order valence-electron chi connectivity index (χ2n) is 8.91. The number of carbonyl (C=O) groups is 1. The number of nitrogens with zero attached hydrogens (tertiary/aromatic N) is 2. The molecular weight excluding hydrogens is 423 g/mol. The van der Waals surface area contributed by atoms with E-state index in [9.17, 15) is 23.1 Å². The number of aliphatic hydroxyl groups is 1. The summed E-state index contributed by atoms with van der Waals surface area (Å²) in [5, 5.41) is 13.2. The van der Waals surface area contributed by atoms with E-state index in [0.717, 1.165) is 36.5 Å². The molecule has 2 atom stereocenters. The van der Waals surface area contributed by atoms with Gasteiger partial charge in [-0.2, -0.15) is 13.2 Å². The molecule has 0 saturated carbocycles. The molecule has 3 heterocycles. The maximum atomic E-state index is 12.8. The Hall–Kier alpha value is -2.78. The molecule has 2 amide bonds. The molecule has 0 aromatic heterocycles. The molecule has 0 bridgehead atoms. The molecule has 3 aliphatic rings. The number of anilines is 2. The van der Waals surface area contributed by atoms with E-state index in [1.54, 1.807) is 29.2 Å². The average Bonchev–Trinajstić information content (AvgIpc) is 3.32. The number of hydrogen-bond donors (Lipinski definition) is 2. The van der Waals surface area contributed by atoms with Crippen LogP contribution in [0, 0.1) is 11.8 Å². The van der Waals surface area contributed by atoms with Crippen LogP contribution in [0.4, 0.5) is 29.3 Å². The van der Waals surface area contributed by atoms with Gasteiger partial charge in [-0.3, -0.25) is 0 Å². The fraction of sp³-hybridized carbons (Fsp3) is 0.435. The summed E-state index contributed by atoms with van der Waals surface area (Å²) in [5.41, 5.74) is 0.619. The lowest BCUT2D eigenvalue weighted by molar-refractivity contribution is -0.184. The van der Waals surface area contributed by atoms with E-state index >= 15 is 0 Å². The van der Waals surface area contributed by atoms with Gasteiger partial charge in [0.05, 0.1) is 18.8 Å². The Morgan fingerprint density at radius 2 is 1.56 bits per heavy atom. The van der Waals surface area contributed by atoms with Gasteiger partial charge in [-0.05, 0) is 42.0 Å². The van der Waals surface area contributed by atoms with Gasteiger partial charge in [0.15, 0.2) is 0 Å². The number of carbonyl (C=O) groups excluding carboxylic acids is 1. The maximum Gasteiger partial charge on any atom is 0.416 e. The first-order chi connectivity index (χ1) is 15.2. The number of likely N-dealkylation sites (tertiary alicyclic amines) is 1. The minimum Gasteiger partial charge on any atom is -0.380 e. The van der Waals surface area contributed by atoms with Gasteiger partial charge in [0.25, 0.3) is 0 Å². The lowest BCUT2D eigenvalue weighted by atomic mass is 9.92. The van der Waals surface area contributed by atoms with Crippen LogP contribution in [0.15, 0.2) is 48.5 Å². The highest BCUT2D eigenvalue weighted by Gasteiger charge is 2.42. The van der Waals surface area contributed by atoms with Gasteiger partial charge in [-0.15, -0.1) is 0 Å². The van der Waals surface area contributed by atoms with Crippen molar-refractivity contribution in [1.82, 2.24) is 4.90 Å². The molecule has 2 unspecified atom stereocenters. The van der Waals surface area contributed by atoms with Crippen molar-refractivity contribution >= 4 is 17.4 Å². The van der Waals surface area contributed by atoms with Gasteiger partial charge in [0, 0.05) is 49.4 Å². The standard InChI is InChI=1S/C23H24F3N3O3/c24-23(25,26)18-3-7-20(8-4-18)28-9-15-11-29(12-16(15)10-28)21(30)27-19-5-1-17(2-6-19)22(31)13-32-14-22/h1-8,15-16,31H,9-14H2,(H,27,30). The highest BCUT2D eigenvalue weighted by atomic mass is 19.4.